The Labute approximate surface area is 131 Å². The normalized spacial score (nSPS) is 12.2. The molecule has 0 bridgehead atoms. The molecule has 1 atom stereocenters. The molecule has 0 spiro atoms. The average Bonchev–Trinajstić information content (AvgIpc) is 2.47. The molecule has 2 rings (SSSR count). The van der Waals surface area contributed by atoms with Crippen LogP contribution < -0.4 is 16.0 Å². The molecule has 21 heavy (non-hydrogen) atoms. The van der Waals surface area contributed by atoms with Gasteiger partial charge in [-0.05, 0) is 49.1 Å². The molecule has 0 aliphatic carbocycles. The van der Waals surface area contributed by atoms with E-state index in [1.807, 2.05) is 18.2 Å². The molecule has 0 aliphatic heterocycles. The highest BCUT2D eigenvalue weighted by molar-refractivity contribution is 6.30. The molecule has 0 saturated heterocycles. The van der Waals surface area contributed by atoms with Gasteiger partial charge in [0, 0.05) is 10.6 Å². The molecular weight excluding hydrogens is 284 g/mol. The molecule has 0 saturated carbocycles. The summed E-state index contributed by atoms with van der Waals surface area (Å²) in [5.74, 6) is 6.52. The molecular formula is C17H21ClN2O. The van der Waals surface area contributed by atoms with E-state index in [9.17, 15) is 0 Å². The number of nitrogens with one attached hydrogen (secondary N) is 1. The molecule has 0 amide bonds. The van der Waals surface area contributed by atoms with Gasteiger partial charge in [-0.1, -0.05) is 35.9 Å². The predicted molar refractivity (Wildman–Crippen MR) is 87.7 cm³/mol. The van der Waals surface area contributed by atoms with Gasteiger partial charge in [0.2, 0.25) is 0 Å². The molecule has 2 aromatic rings. The lowest BCUT2D eigenvalue weighted by Crippen LogP contribution is -2.30. The van der Waals surface area contributed by atoms with E-state index >= 15 is 0 Å². The molecule has 3 nitrogen and oxygen atoms in total. The number of methoxy groups -OCH3 is 1. The lowest BCUT2D eigenvalue weighted by atomic mass is 9.93. The third-order valence-corrected chi connectivity index (χ3v) is 4.06. The number of nitrogens with two attached hydrogens (primary N) is 1. The summed E-state index contributed by atoms with van der Waals surface area (Å²) in [4.78, 5) is 0. The Kier molecular flexibility index (Phi) is 5.23. The first-order valence-corrected chi connectivity index (χ1v) is 7.29. The van der Waals surface area contributed by atoms with E-state index < -0.39 is 0 Å². The summed E-state index contributed by atoms with van der Waals surface area (Å²) in [6.07, 6.45) is 0.799. The maximum absolute atomic E-state index is 6.02. The minimum Gasteiger partial charge on any atom is -0.496 e. The number of rotatable bonds is 5. The number of hydrogen-bond donors (Lipinski definition) is 2. The molecule has 2 aromatic carbocycles. The zero-order valence-electron chi connectivity index (χ0n) is 12.6. The van der Waals surface area contributed by atoms with E-state index in [0.717, 1.165) is 17.7 Å². The van der Waals surface area contributed by atoms with Gasteiger partial charge in [0.25, 0.3) is 0 Å². The van der Waals surface area contributed by atoms with Gasteiger partial charge in [-0.3, -0.25) is 11.3 Å². The minimum atomic E-state index is -0.0305. The summed E-state index contributed by atoms with van der Waals surface area (Å²) >= 11 is 6.02. The summed E-state index contributed by atoms with van der Waals surface area (Å²) < 4.78 is 5.43. The van der Waals surface area contributed by atoms with Crippen LogP contribution in [0.5, 0.6) is 5.75 Å². The van der Waals surface area contributed by atoms with Crippen LogP contribution in [-0.2, 0) is 6.42 Å². The van der Waals surface area contributed by atoms with Crippen LogP contribution >= 0.6 is 11.6 Å². The van der Waals surface area contributed by atoms with E-state index in [4.69, 9.17) is 22.2 Å². The minimum absolute atomic E-state index is 0.0305. The standard InChI is InChI=1S/C17H21ClN2O/c1-11-5-4-6-12(2)15(11)10-16(20-19)14-8-7-13(18)9-17(14)21-3/h4-9,16,20H,10,19H2,1-3H3. The first-order valence-electron chi connectivity index (χ1n) is 6.91. The highest BCUT2D eigenvalue weighted by Crippen LogP contribution is 2.31. The van der Waals surface area contributed by atoms with Gasteiger partial charge in [0.05, 0.1) is 13.2 Å². The molecule has 1 unspecified atom stereocenters. The Morgan fingerprint density at radius 1 is 1.19 bits per heavy atom. The van der Waals surface area contributed by atoms with Crippen LogP contribution in [0.15, 0.2) is 36.4 Å². The Bertz CT molecular complexity index is 608. The lowest BCUT2D eigenvalue weighted by Gasteiger charge is -2.21. The van der Waals surface area contributed by atoms with Crippen molar-refractivity contribution < 1.29 is 4.74 Å². The zero-order valence-corrected chi connectivity index (χ0v) is 13.4. The van der Waals surface area contributed by atoms with Crippen LogP contribution in [0.1, 0.15) is 28.3 Å². The van der Waals surface area contributed by atoms with Gasteiger partial charge >= 0.3 is 0 Å². The van der Waals surface area contributed by atoms with E-state index in [-0.39, 0.29) is 6.04 Å². The van der Waals surface area contributed by atoms with Crippen LogP contribution in [0, 0.1) is 13.8 Å². The van der Waals surface area contributed by atoms with Crippen molar-refractivity contribution in [3.8, 4) is 5.75 Å². The van der Waals surface area contributed by atoms with Gasteiger partial charge in [0.1, 0.15) is 5.75 Å². The molecule has 0 fully saturated rings. The van der Waals surface area contributed by atoms with Crippen LogP contribution in [0.25, 0.3) is 0 Å². The predicted octanol–water partition coefficient (Wildman–Crippen LogP) is 3.71. The molecule has 4 heteroatoms. The van der Waals surface area contributed by atoms with E-state index in [1.165, 1.54) is 16.7 Å². The van der Waals surface area contributed by atoms with Crippen molar-refractivity contribution >= 4 is 11.6 Å². The molecule has 3 N–H and O–H groups in total. The van der Waals surface area contributed by atoms with Crippen molar-refractivity contribution in [3.05, 3.63) is 63.7 Å². The van der Waals surface area contributed by atoms with Gasteiger partial charge < -0.3 is 4.74 Å². The number of aryl methyl sites for hydroxylation is 2. The quantitative estimate of drug-likeness (QED) is 0.654. The van der Waals surface area contributed by atoms with Gasteiger partial charge in [0.15, 0.2) is 0 Å². The second kappa shape index (κ2) is 6.94. The topological polar surface area (TPSA) is 47.3 Å². The maximum Gasteiger partial charge on any atom is 0.125 e. The molecule has 112 valence electrons. The van der Waals surface area contributed by atoms with Crippen LogP contribution in [-0.4, -0.2) is 7.11 Å². The van der Waals surface area contributed by atoms with E-state index in [1.54, 1.807) is 7.11 Å². The second-order valence-corrected chi connectivity index (χ2v) is 5.62. The second-order valence-electron chi connectivity index (χ2n) is 5.18. The van der Waals surface area contributed by atoms with Crippen molar-refractivity contribution in [2.45, 2.75) is 26.3 Å². The Balaban J connectivity index is 2.37. The summed E-state index contributed by atoms with van der Waals surface area (Å²) in [6.45, 7) is 4.24. The Morgan fingerprint density at radius 2 is 1.86 bits per heavy atom. The van der Waals surface area contributed by atoms with Crippen molar-refractivity contribution in [2.75, 3.05) is 7.11 Å². The molecule has 0 heterocycles. The third-order valence-electron chi connectivity index (χ3n) is 3.82. The molecule has 0 aromatic heterocycles. The molecule has 0 radical (unpaired) electrons. The van der Waals surface area contributed by atoms with Crippen LogP contribution in [0.4, 0.5) is 0 Å². The number of halogens is 1. The van der Waals surface area contributed by atoms with Crippen LogP contribution in [0.3, 0.4) is 0 Å². The van der Waals surface area contributed by atoms with E-state index in [0.29, 0.717) is 5.02 Å². The fourth-order valence-corrected chi connectivity index (χ4v) is 2.77. The van der Waals surface area contributed by atoms with Gasteiger partial charge in [-0.15, -0.1) is 0 Å². The Morgan fingerprint density at radius 3 is 2.43 bits per heavy atom. The largest absolute Gasteiger partial charge is 0.496 e. The fourth-order valence-electron chi connectivity index (χ4n) is 2.61. The summed E-state index contributed by atoms with van der Waals surface area (Å²) in [5, 5.41) is 0.651. The van der Waals surface area contributed by atoms with Gasteiger partial charge in [-0.2, -0.15) is 0 Å². The number of benzene rings is 2. The maximum atomic E-state index is 6.02. The first kappa shape index (κ1) is 15.8. The van der Waals surface area contributed by atoms with E-state index in [2.05, 4.69) is 37.5 Å². The smallest absolute Gasteiger partial charge is 0.125 e. The summed E-state index contributed by atoms with van der Waals surface area (Å²) in [5.41, 5.74) is 7.74. The fraction of sp³-hybridized carbons (Fsp3) is 0.294. The first-order chi connectivity index (χ1) is 10.1. The van der Waals surface area contributed by atoms with Crippen molar-refractivity contribution in [1.82, 2.24) is 5.43 Å². The van der Waals surface area contributed by atoms with Crippen LogP contribution in [0.2, 0.25) is 5.02 Å². The monoisotopic (exact) mass is 304 g/mol. The number of hydrazine groups is 1. The summed E-state index contributed by atoms with van der Waals surface area (Å²) in [7, 11) is 1.64. The Hall–Kier alpha value is -1.55. The highest BCUT2D eigenvalue weighted by Gasteiger charge is 2.17. The lowest BCUT2D eigenvalue weighted by molar-refractivity contribution is 0.399. The van der Waals surface area contributed by atoms with Gasteiger partial charge in [-0.25, -0.2) is 0 Å². The zero-order chi connectivity index (χ0) is 15.4. The average molecular weight is 305 g/mol. The van der Waals surface area contributed by atoms with Crippen molar-refractivity contribution in [1.29, 1.82) is 0 Å². The number of ether oxygens (including phenoxy) is 1. The third kappa shape index (κ3) is 3.56. The molecule has 0 aliphatic rings. The highest BCUT2D eigenvalue weighted by atomic mass is 35.5. The SMILES string of the molecule is COc1cc(Cl)ccc1C(Cc1c(C)cccc1C)NN. The van der Waals surface area contributed by atoms with Crippen molar-refractivity contribution in [3.63, 3.8) is 0 Å². The number of hydrogen-bond acceptors (Lipinski definition) is 3. The summed E-state index contributed by atoms with van der Waals surface area (Å²) in [6, 6.07) is 11.9. The van der Waals surface area contributed by atoms with Crippen molar-refractivity contribution in [2.24, 2.45) is 5.84 Å².